The Morgan fingerprint density at radius 3 is 2.57 bits per heavy atom. The van der Waals surface area contributed by atoms with Crippen molar-refractivity contribution in [1.29, 1.82) is 5.26 Å². The van der Waals surface area contributed by atoms with Crippen molar-refractivity contribution in [3.05, 3.63) is 56.2 Å². The highest BCUT2D eigenvalue weighted by molar-refractivity contribution is 5.51. The molecule has 2 rings (SSSR count). The van der Waals surface area contributed by atoms with E-state index in [1.165, 1.54) is 18.7 Å². The number of para-hydroxylation sites is 1. The van der Waals surface area contributed by atoms with Gasteiger partial charge >= 0.3 is 5.69 Å². The fourth-order valence-corrected chi connectivity index (χ4v) is 2.38. The number of nitrogens with one attached hydrogen (secondary N) is 1. The van der Waals surface area contributed by atoms with E-state index in [4.69, 9.17) is 4.74 Å². The summed E-state index contributed by atoms with van der Waals surface area (Å²) in [6.45, 7) is 0.454. The van der Waals surface area contributed by atoms with Crippen LogP contribution >= 0.6 is 0 Å². The number of nitrogens with zero attached hydrogens (tertiary/aromatic N) is 3. The van der Waals surface area contributed by atoms with Crippen molar-refractivity contribution < 1.29 is 4.74 Å². The molecule has 1 aromatic heterocycles. The van der Waals surface area contributed by atoms with Gasteiger partial charge in [0.05, 0.1) is 7.11 Å². The first-order valence-electron chi connectivity index (χ1n) is 7.07. The van der Waals surface area contributed by atoms with Crippen LogP contribution in [0.25, 0.3) is 0 Å². The van der Waals surface area contributed by atoms with Crippen molar-refractivity contribution in [3.63, 3.8) is 0 Å². The second kappa shape index (κ2) is 6.83. The number of rotatable bonds is 5. The molecule has 7 nitrogen and oxygen atoms in total. The Labute approximate surface area is 133 Å². The lowest BCUT2D eigenvalue weighted by atomic mass is 10.1. The topological polar surface area (TPSA) is 89.1 Å². The summed E-state index contributed by atoms with van der Waals surface area (Å²) in [5.74, 6) is 1.00. The average Bonchev–Trinajstić information content (AvgIpc) is 2.58. The van der Waals surface area contributed by atoms with Gasteiger partial charge in [-0.25, -0.2) is 4.79 Å². The third kappa shape index (κ3) is 3.11. The molecule has 1 aromatic carbocycles. The van der Waals surface area contributed by atoms with Gasteiger partial charge in [-0.15, -0.1) is 0 Å². The molecule has 23 heavy (non-hydrogen) atoms. The smallest absolute Gasteiger partial charge is 0.332 e. The zero-order valence-electron chi connectivity index (χ0n) is 13.3. The SMILES string of the molecule is COc1ccccc1CCNc1c(C#N)c(=O)n(C)c(=O)n1C. The Morgan fingerprint density at radius 2 is 1.91 bits per heavy atom. The lowest BCUT2D eigenvalue weighted by molar-refractivity contribution is 0.410. The molecular weight excluding hydrogens is 296 g/mol. The van der Waals surface area contributed by atoms with Crippen LogP contribution in [0.4, 0.5) is 5.82 Å². The van der Waals surface area contributed by atoms with Crippen LogP contribution in [0.1, 0.15) is 11.1 Å². The Kier molecular flexibility index (Phi) is 4.86. The van der Waals surface area contributed by atoms with E-state index in [1.807, 2.05) is 30.3 Å². The minimum atomic E-state index is -0.601. The molecule has 0 aliphatic rings. The predicted molar refractivity (Wildman–Crippen MR) is 86.8 cm³/mol. The van der Waals surface area contributed by atoms with Crippen LogP contribution in [-0.4, -0.2) is 22.8 Å². The highest BCUT2D eigenvalue weighted by Crippen LogP contribution is 2.18. The summed E-state index contributed by atoms with van der Waals surface area (Å²) < 4.78 is 7.47. The fourth-order valence-electron chi connectivity index (χ4n) is 2.38. The van der Waals surface area contributed by atoms with E-state index < -0.39 is 11.2 Å². The molecule has 0 unspecified atom stereocenters. The number of anilines is 1. The number of aromatic nitrogens is 2. The Hall–Kier alpha value is -3.01. The highest BCUT2D eigenvalue weighted by Gasteiger charge is 2.15. The molecule has 0 atom stereocenters. The lowest BCUT2D eigenvalue weighted by Gasteiger charge is -2.14. The van der Waals surface area contributed by atoms with Gasteiger partial charge in [0.25, 0.3) is 5.56 Å². The maximum atomic E-state index is 12.0. The predicted octanol–water partition coefficient (Wildman–Crippen LogP) is 0.619. The molecule has 0 saturated carbocycles. The van der Waals surface area contributed by atoms with Crippen LogP contribution in [0.5, 0.6) is 5.75 Å². The second-order valence-electron chi connectivity index (χ2n) is 5.03. The molecular formula is C16H18N4O3. The Balaban J connectivity index is 2.27. The van der Waals surface area contributed by atoms with Crippen LogP contribution in [-0.2, 0) is 20.5 Å². The van der Waals surface area contributed by atoms with Gasteiger partial charge in [-0.1, -0.05) is 18.2 Å². The van der Waals surface area contributed by atoms with Gasteiger partial charge in [-0.05, 0) is 18.1 Å². The molecule has 1 heterocycles. The molecule has 1 N–H and O–H groups in total. The van der Waals surface area contributed by atoms with Gasteiger partial charge in [0.2, 0.25) is 0 Å². The molecule has 7 heteroatoms. The molecule has 0 aliphatic heterocycles. The molecule has 0 spiro atoms. The van der Waals surface area contributed by atoms with Crippen molar-refractivity contribution in [1.82, 2.24) is 9.13 Å². The first-order valence-corrected chi connectivity index (χ1v) is 7.07. The molecule has 0 aliphatic carbocycles. The maximum absolute atomic E-state index is 12.0. The van der Waals surface area contributed by atoms with E-state index in [1.54, 1.807) is 7.11 Å². The molecule has 0 fully saturated rings. The highest BCUT2D eigenvalue weighted by atomic mass is 16.5. The van der Waals surface area contributed by atoms with Crippen molar-refractivity contribution in [3.8, 4) is 11.8 Å². The summed E-state index contributed by atoms with van der Waals surface area (Å²) in [5, 5.41) is 12.2. The first-order chi connectivity index (χ1) is 11.0. The summed E-state index contributed by atoms with van der Waals surface area (Å²) in [5.41, 5.74) is -0.159. The minimum absolute atomic E-state index is 0.0744. The number of hydrogen-bond donors (Lipinski definition) is 1. The summed E-state index contributed by atoms with van der Waals surface area (Å²) in [6.07, 6.45) is 0.623. The Morgan fingerprint density at radius 1 is 1.22 bits per heavy atom. The standard InChI is InChI=1S/C16H18N4O3/c1-19-14(12(10-17)15(21)20(2)16(19)22)18-9-8-11-6-4-5-7-13(11)23-3/h4-7,18H,8-9H2,1-3H3. The molecule has 0 radical (unpaired) electrons. The molecule has 0 saturated heterocycles. The molecule has 0 bridgehead atoms. The third-order valence-electron chi connectivity index (χ3n) is 3.66. The molecule has 2 aromatic rings. The first kappa shape index (κ1) is 16.4. The summed E-state index contributed by atoms with van der Waals surface area (Å²) in [7, 11) is 4.48. The minimum Gasteiger partial charge on any atom is -0.496 e. The zero-order chi connectivity index (χ0) is 17.0. The maximum Gasteiger partial charge on any atom is 0.332 e. The summed E-state index contributed by atoms with van der Waals surface area (Å²) in [4.78, 5) is 24.0. The van der Waals surface area contributed by atoms with Gasteiger partial charge < -0.3 is 10.1 Å². The second-order valence-corrected chi connectivity index (χ2v) is 5.03. The van der Waals surface area contributed by atoms with E-state index in [-0.39, 0.29) is 11.4 Å². The van der Waals surface area contributed by atoms with Crippen molar-refractivity contribution in [2.24, 2.45) is 14.1 Å². The Bertz CT molecular complexity index is 874. The van der Waals surface area contributed by atoms with Crippen molar-refractivity contribution in [2.45, 2.75) is 6.42 Å². The van der Waals surface area contributed by atoms with Gasteiger partial charge in [-0.2, -0.15) is 5.26 Å². The third-order valence-corrected chi connectivity index (χ3v) is 3.66. The number of ether oxygens (including phenoxy) is 1. The lowest BCUT2D eigenvalue weighted by Crippen LogP contribution is -2.40. The van der Waals surface area contributed by atoms with E-state index in [2.05, 4.69) is 5.32 Å². The summed E-state index contributed by atoms with van der Waals surface area (Å²) >= 11 is 0. The van der Waals surface area contributed by atoms with Crippen LogP contribution in [0.2, 0.25) is 0 Å². The fraction of sp³-hybridized carbons (Fsp3) is 0.312. The number of benzene rings is 1. The largest absolute Gasteiger partial charge is 0.496 e. The summed E-state index contributed by atoms with van der Waals surface area (Å²) in [6, 6.07) is 9.46. The zero-order valence-corrected chi connectivity index (χ0v) is 13.3. The van der Waals surface area contributed by atoms with Gasteiger partial charge in [0.15, 0.2) is 5.56 Å². The van der Waals surface area contributed by atoms with E-state index in [0.29, 0.717) is 13.0 Å². The normalized spacial score (nSPS) is 10.2. The quantitative estimate of drug-likeness (QED) is 0.874. The van der Waals surface area contributed by atoms with E-state index in [0.717, 1.165) is 15.9 Å². The monoisotopic (exact) mass is 314 g/mol. The van der Waals surface area contributed by atoms with Crippen LogP contribution in [0.15, 0.2) is 33.9 Å². The van der Waals surface area contributed by atoms with E-state index in [9.17, 15) is 14.9 Å². The number of hydrogen-bond acceptors (Lipinski definition) is 5. The number of methoxy groups -OCH3 is 1. The average molecular weight is 314 g/mol. The molecule has 120 valence electrons. The van der Waals surface area contributed by atoms with Crippen LogP contribution in [0, 0.1) is 11.3 Å². The molecule has 0 amide bonds. The van der Waals surface area contributed by atoms with Crippen molar-refractivity contribution in [2.75, 3.05) is 19.0 Å². The van der Waals surface area contributed by atoms with Gasteiger partial charge in [0.1, 0.15) is 17.6 Å². The van der Waals surface area contributed by atoms with Crippen LogP contribution < -0.4 is 21.3 Å². The van der Waals surface area contributed by atoms with Gasteiger partial charge in [-0.3, -0.25) is 13.9 Å². The van der Waals surface area contributed by atoms with Gasteiger partial charge in [0, 0.05) is 20.6 Å². The van der Waals surface area contributed by atoms with E-state index >= 15 is 0 Å². The van der Waals surface area contributed by atoms with Crippen molar-refractivity contribution >= 4 is 5.82 Å². The van der Waals surface area contributed by atoms with Crippen LogP contribution in [0.3, 0.4) is 0 Å². The number of nitriles is 1.